The van der Waals surface area contributed by atoms with Crippen LogP contribution in [0.4, 0.5) is 0 Å². The van der Waals surface area contributed by atoms with E-state index in [2.05, 4.69) is 26.0 Å². The van der Waals surface area contributed by atoms with Gasteiger partial charge in [-0.15, -0.1) is 0 Å². The van der Waals surface area contributed by atoms with Crippen LogP contribution in [-0.4, -0.2) is 18.3 Å². The number of methoxy groups -OCH3 is 1. The van der Waals surface area contributed by atoms with E-state index >= 15 is 0 Å². The largest absolute Gasteiger partial charge is 0.496 e. The van der Waals surface area contributed by atoms with Crippen LogP contribution in [0, 0.1) is 24.2 Å². The fourth-order valence-corrected chi connectivity index (χ4v) is 6.02. The van der Waals surface area contributed by atoms with Crippen LogP contribution in [-0.2, 0) is 6.42 Å². The van der Waals surface area contributed by atoms with Crippen LogP contribution in [0.15, 0.2) is 12.1 Å². The number of aliphatic hydroxyl groups excluding tert-OH is 1. The molecule has 1 N–H and O–H groups in total. The standard InChI is InChI=1S/C20H28O2/c1-12-13-4-5-16-15(14(13)6-8-18(12)22-3)10-11-20(2)17(16)7-9-19(20)21/h6,8,15-17,19,21H,4-5,7,9-11H2,1-3H3/t15?,16?,17?,19-,20?/m0/s1. The molecule has 1 aromatic rings. The monoisotopic (exact) mass is 300 g/mol. The zero-order valence-corrected chi connectivity index (χ0v) is 14.1. The number of ether oxygens (including phenoxy) is 1. The maximum absolute atomic E-state index is 10.5. The fraction of sp³-hybridized carbons (Fsp3) is 0.700. The molecule has 0 radical (unpaired) electrons. The van der Waals surface area contributed by atoms with Crippen molar-refractivity contribution in [3.8, 4) is 5.75 Å². The average molecular weight is 300 g/mol. The van der Waals surface area contributed by atoms with Gasteiger partial charge in [-0.1, -0.05) is 13.0 Å². The molecule has 0 saturated heterocycles. The van der Waals surface area contributed by atoms with E-state index in [9.17, 15) is 5.11 Å². The van der Waals surface area contributed by atoms with Gasteiger partial charge >= 0.3 is 0 Å². The molecule has 4 unspecified atom stereocenters. The Hall–Kier alpha value is -1.02. The molecule has 2 fully saturated rings. The first-order valence-corrected chi connectivity index (χ1v) is 8.90. The minimum absolute atomic E-state index is 0.0718. The van der Waals surface area contributed by atoms with Crippen molar-refractivity contribution in [3.63, 3.8) is 0 Å². The molecule has 5 atom stereocenters. The maximum atomic E-state index is 10.5. The quantitative estimate of drug-likeness (QED) is 0.841. The van der Waals surface area contributed by atoms with Crippen molar-refractivity contribution in [1.82, 2.24) is 0 Å². The molecule has 2 saturated carbocycles. The summed E-state index contributed by atoms with van der Waals surface area (Å²) in [6, 6.07) is 4.49. The Morgan fingerprint density at radius 1 is 1.18 bits per heavy atom. The summed E-state index contributed by atoms with van der Waals surface area (Å²) in [4.78, 5) is 0. The van der Waals surface area contributed by atoms with Gasteiger partial charge in [0, 0.05) is 0 Å². The minimum Gasteiger partial charge on any atom is -0.496 e. The van der Waals surface area contributed by atoms with Crippen molar-refractivity contribution in [2.45, 2.75) is 64.4 Å². The Kier molecular flexibility index (Phi) is 3.30. The molecule has 0 aromatic heterocycles. The summed E-state index contributed by atoms with van der Waals surface area (Å²) in [7, 11) is 1.77. The SMILES string of the molecule is COc1ccc2c(c1C)CCC1C2CCC2(C)C1CC[C@@H]2O. The molecule has 0 bridgehead atoms. The Labute approximate surface area is 133 Å². The summed E-state index contributed by atoms with van der Waals surface area (Å²) < 4.78 is 5.51. The average Bonchev–Trinajstić information content (AvgIpc) is 2.83. The summed E-state index contributed by atoms with van der Waals surface area (Å²) in [5, 5.41) is 10.5. The number of benzene rings is 1. The van der Waals surface area contributed by atoms with Gasteiger partial charge in [0.15, 0.2) is 0 Å². The topological polar surface area (TPSA) is 29.5 Å². The Balaban J connectivity index is 1.72. The molecule has 0 amide bonds. The summed E-state index contributed by atoms with van der Waals surface area (Å²) in [5.41, 5.74) is 4.65. The molecule has 0 spiro atoms. The van der Waals surface area contributed by atoms with Crippen LogP contribution in [0.5, 0.6) is 5.75 Å². The van der Waals surface area contributed by atoms with Crippen LogP contribution in [0.25, 0.3) is 0 Å². The van der Waals surface area contributed by atoms with Gasteiger partial charge in [0.25, 0.3) is 0 Å². The van der Waals surface area contributed by atoms with E-state index in [0.717, 1.165) is 24.0 Å². The first kappa shape index (κ1) is 14.6. The zero-order valence-electron chi connectivity index (χ0n) is 14.1. The van der Waals surface area contributed by atoms with Crippen molar-refractivity contribution in [3.05, 3.63) is 28.8 Å². The van der Waals surface area contributed by atoms with Gasteiger partial charge in [0.2, 0.25) is 0 Å². The van der Waals surface area contributed by atoms with Gasteiger partial charge < -0.3 is 9.84 Å². The van der Waals surface area contributed by atoms with Crippen molar-refractivity contribution in [2.75, 3.05) is 7.11 Å². The molecular formula is C20H28O2. The maximum Gasteiger partial charge on any atom is 0.122 e. The lowest BCUT2D eigenvalue weighted by Gasteiger charge is -2.50. The predicted octanol–water partition coefficient (Wildman–Crippen LogP) is 4.22. The van der Waals surface area contributed by atoms with Crippen LogP contribution in [0.3, 0.4) is 0 Å². The molecule has 0 heterocycles. The normalized spacial score (nSPS) is 39.8. The van der Waals surface area contributed by atoms with Gasteiger partial charge in [-0.3, -0.25) is 0 Å². The lowest BCUT2D eigenvalue weighted by molar-refractivity contribution is -0.0226. The van der Waals surface area contributed by atoms with E-state index in [1.54, 1.807) is 18.2 Å². The van der Waals surface area contributed by atoms with Crippen LogP contribution < -0.4 is 4.74 Å². The minimum atomic E-state index is -0.0718. The molecule has 120 valence electrons. The van der Waals surface area contributed by atoms with E-state index in [4.69, 9.17) is 4.74 Å². The van der Waals surface area contributed by atoms with Crippen molar-refractivity contribution in [2.24, 2.45) is 17.3 Å². The first-order valence-electron chi connectivity index (χ1n) is 8.90. The number of fused-ring (bicyclic) bond motifs is 5. The van der Waals surface area contributed by atoms with Crippen LogP contribution in [0.2, 0.25) is 0 Å². The van der Waals surface area contributed by atoms with Crippen molar-refractivity contribution in [1.29, 1.82) is 0 Å². The van der Waals surface area contributed by atoms with Crippen LogP contribution >= 0.6 is 0 Å². The predicted molar refractivity (Wildman–Crippen MR) is 88.4 cm³/mol. The molecule has 2 nitrogen and oxygen atoms in total. The number of hydrogen-bond donors (Lipinski definition) is 1. The first-order chi connectivity index (χ1) is 10.6. The summed E-state index contributed by atoms with van der Waals surface area (Å²) in [6.45, 7) is 4.56. The summed E-state index contributed by atoms with van der Waals surface area (Å²) in [6.07, 6.45) is 7.07. The van der Waals surface area contributed by atoms with E-state index in [1.807, 2.05) is 0 Å². The smallest absolute Gasteiger partial charge is 0.122 e. The van der Waals surface area contributed by atoms with E-state index in [0.29, 0.717) is 5.92 Å². The van der Waals surface area contributed by atoms with Gasteiger partial charge in [-0.2, -0.15) is 0 Å². The highest BCUT2D eigenvalue weighted by molar-refractivity contribution is 5.47. The third kappa shape index (κ3) is 1.83. The van der Waals surface area contributed by atoms with Crippen molar-refractivity contribution >= 4 is 0 Å². The lowest BCUT2D eigenvalue weighted by Crippen LogP contribution is -2.44. The highest BCUT2D eigenvalue weighted by Gasteiger charge is 2.54. The molecule has 22 heavy (non-hydrogen) atoms. The van der Waals surface area contributed by atoms with Gasteiger partial charge in [0.1, 0.15) is 5.75 Å². The Morgan fingerprint density at radius 3 is 2.77 bits per heavy atom. The number of hydrogen-bond acceptors (Lipinski definition) is 2. The molecule has 0 aliphatic heterocycles. The molecule has 2 heteroatoms. The van der Waals surface area contributed by atoms with E-state index in [1.165, 1.54) is 37.7 Å². The van der Waals surface area contributed by atoms with E-state index < -0.39 is 0 Å². The van der Waals surface area contributed by atoms with Gasteiger partial charge in [0.05, 0.1) is 13.2 Å². The molecular weight excluding hydrogens is 272 g/mol. The molecule has 1 aromatic carbocycles. The second-order valence-corrected chi connectivity index (χ2v) is 8.01. The summed E-state index contributed by atoms with van der Waals surface area (Å²) >= 11 is 0. The third-order valence-corrected chi connectivity index (χ3v) is 7.32. The molecule has 3 aliphatic carbocycles. The highest BCUT2D eigenvalue weighted by atomic mass is 16.5. The van der Waals surface area contributed by atoms with Crippen molar-refractivity contribution < 1.29 is 9.84 Å². The number of rotatable bonds is 1. The van der Waals surface area contributed by atoms with E-state index in [-0.39, 0.29) is 11.5 Å². The highest BCUT2D eigenvalue weighted by Crippen LogP contribution is 2.61. The number of aliphatic hydroxyl groups is 1. The van der Waals surface area contributed by atoms with Gasteiger partial charge in [-0.25, -0.2) is 0 Å². The second kappa shape index (κ2) is 4.99. The lowest BCUT2D eigenvalue weighted by atomic mass is 9.55. The molecule has 4 rings (SSSR count). The Bertz CT molecular complexity index is 594. The third-order valence-electron chi connectivity index (χ3n) is 7.32. The Morgan fingerprint density at radius 2 is 2.00 bits per heavy atom. The van der Waals surface area contributed by atoms with Crippen LogP contribution in [0.1, 0.15) is 61.6 Å². The fourth-order valence-electron chi connectivity index (χ4n) is 6.02. The van der Waals surface area contributed by atoms with Gasteiger partial charge in [-0.05, 0) is 91.4 Å². The second-order valence-electron chi connectivity index (χ2n) is 8.01. The zero-order chi connectivity index (χ0) is 15.5. The summed E-state index contributed by atoms with van der Waals surface area (Å²) in [5.74, 6) is 3.24. The molecule has 3 aliphatic rings.